The summed E-state index contributed by atoms with van der Waals surface area (Å²) in [6.45, 7) is 2.10. The molecule has 0 saturated carbocycles. The Labute approximate surface area is 142 Å². The van der Waals surface area contributed by atoms with Gasteiger partial charge in [0.2, 0.25) is 0 Å². The average Bonchev–Trinajstić information content (AvgIpc) is 3.06. The zero-order valence-corrected chi connectivity index (χ0v) is 14.0. The van der Waals surface area contributed by atoms with Gasteiger partial charge in [0.1, 0.15) is 11.7 Å². The molecule has 2 aromatic carbocycles. The van der Waals surface area contributed by atoms with E-state index in [1.807, 2.05) is 0 Å². The molecule has 3 aliphatic heterocycles. The van der Waals surface area contributed by atoms with Gasteiger partial charge in [0.05, 0.1) is 6.04 Å². The topological polar surface area (TPSA) is 29.5 Å². The minimum absolute atomic E-state index is 0.110. The summed E-state index contributed by atoms with van der Waals surface area (Å²) in [7, 11) is 2.10. The zero-order chi connectivity index (χ0) is 16.5. The molecule has 3 nitrogen and oxygen atoms in total. The Hall–Kier alpha value is -2.13. The van der Waals surface area contributed by atoms with Gasteiger partial charge in [-0.3, -0.25) is 4.79 Å². The number of likely N-dealkylation sites (N-methyl/N-ethyl adjacent to an activating group) is 1. The van der Waals surface area contributed by atoms with E-state index in [4.69, 9.17) is 4.74 Å². The molecule has 2 aromatic rings. The summed E-state index contributed by atoms with van der Waals surface area (Å²) in [4.78, 5) is 14.8. The third-order valence-electron chi connectivity index (χ3n) is 6.19. The summed E-state index contributed by atoms with van der Waals surface area (Å²) < 4.78 is 6.53. The van der Waals surface area contributed by atoms with Crippen molar-refractivity contribution in [2.45, 2.75) is 43.4 Å². The number of anilines is 1. The van der Waals surface area contributed by atoms with E-state index < -0.39 is 0 Å². The molecule has 0 N–H and O–H groups in total. The maximum Gasteiger partial charge on any atom is 0.163 e. The Morgan fingerprint density at radius 1 is 1.12 bits per heavy atom. The number of carbonyl (C=O) groups excluding carboxylic acids is 1. The lowest BCUT2D eigenvalue weighted by Gasteiger charge is -2.37. The molecule has 122 valence electrons. The van der Waals surface area contributed by atoms with Gasteiger partial charge >= 0.3 is 0 Å². The summed E-state index contributed by atoms with van der Waals surface area (Å²) in [6, 6.07) is 17.3. The minimum Gasteiger partial charge on any atom is -0.368 e. The Kier molecular flexibility index (Phi) is 2.79. The highest BCUT2D eigenvalue weighted by Gasteiger charge is 2.64. The van der Waals surface area contributed by atoms with Crippen LogP contribution in [0, 0.1) is 6.92 Å². The number of nitrogens with zero attached hydrogens (tertiary/aromatic N) is 1. The van der Waals surface area contributed by atoms with Crippen molar-refractivity contribution in [3.8, 4) is 0 Å². The first-order chi connectivity index (χ1) is 11.6. The van der Waals surface area contributed by atoms with E-state index in [0.717, 1.165) is 6.42 Å². The second-order valence-electron chi connectivity index (χ2n) is 7.40. The van der Waals surface area contributed by atoms with Crippen LogP contribution in [0.3, 0.4) is 0 Å². The first kappa shape index (κ1) is 14.2. The van der Waals surface area contributed by atoms with Gasteiger partial charge in [-0.15, -0.1) is 0 Å². The van der Waals surface area contributed by atoms with Crippen LogP contribution in [0.5, 0.6) is 0 Å². The summed E-state index contributed by atoms with van der Waals surface area (Å²) in [5.41, 5.74) is 4.65. The highest BCUT2D eigenvalue weighted by Crippen LogP contribution is 2.61. The van der Waals surface area contributed by atoms with Crippen LogP contribution in [0.2, 0.25) is 0 Å². The monoisotopic (exact) mass is 319 g/mol. The van der Waals surface area contributed by atoms with Crippen molar-refractivity contribution in [2.75, 3.05) is 11.9 Å². The lowest BCUT2D eigenvalue weighted by molar-refractivity contribution is -0.148. The van der Waals surface area contributed by atoms with E-state index in [2.05, 4.69) is 67.4 Å². The number of ether oxygens (including phenoxy) is 1. The number of benzene rings is 2. The van der Waals surface area contributed by atoms with Gasteiger partial charge in [0.15, 0.2) is 5.78 Å². The molecule has 0 aromatic heterocycles. The molecule has 5 rings (SSSR count). The molecule has 0 unspecified atom stereocenters. The number of carbonyl (C=O) groups is 1. The number of aryl methyl sites for hydroxylation is 1. The Morgan fingerprint density at radius 2 is 1.88 bits per heavy atom. The van der Waals surface area contributed by atoms with Crippen LogP contribution < -0.4 is 4.90 Å². The number of hydrogen-bond acceptors (Lipinski definition) is 3. The number of fused-ring (bicyclic) bond motifs is 7. The lowest BCUT2D eigenvalue weighted by Crippen LogP contribution is -2.42. The van der Waals surface area contributed by atoms with Gasteiger partial charge < -0.3 is 9.64 Å². The molecular weight excluding hydrogens is 298 g/mol. The molecule has 2 saturated heterocycles. The molecular formula is C21H21NO2. The van der Waals surface area contributed by atoms with Gasteiger partial charge in [0.25, 0.3) is 0 Å². The smallest absolute Gasteiger partial charge is 0.163 e. The van der Waals surface area contributed by atoms with E-state index in [1.54, 1.807) is 0 Å². The SMILES string of the molecule is Cc1ccc([C@]23CCC(=O)[C@H](O2)[C@H]2[C@@H]3c3ccccc3N2C)cc1. The summed E-state index contributed by atoms with van der Waals surface area (Å²) in [5, 5.41) is 0. The van der Waals surface area contributed by atoms with Crippen molar-refractivity contribution in [3.63, 3.8) is 0 Å². The summed E-state index contributed by atoms with van der Waals surface area (Å²) >= 11 is 0. The predicted octanol–water partition coefficient (Wildman–Crippen LogP) is 3.55. The molecule has 0 amide bonds. The number of ketones is 1. The normalized spacial score (nSPS) is 33.5. The molecule has 4 atom stereocenters. The maximum atomic E-state index is 12.6. The maximum absolute atomic E-state index is 12.6. The van der Waals surface area contributed by atoms with Crippen LogP contribution >= 0.6 is 0 Å². The Bertz CT molecular complexity index is 828. The summed E-state index contributed by atoms with van der Waals surface area (Å²) in [5.74, 6) is 0.475. The second-order valence-corrected chi connectivity index (χ2v) is 7.40. The third-order valence-corrected chi connectivity index (χ3v) is 6.19. The van der Waals surface area contributed by atoms with Gasteiger partial charge in [-0.25, -0.2) is 0 Å². The van der Waals surface area contributed by atoms with Gasteiger partial charge in [-0.1, -0.05) is 48.0 Å². The van der Waals surface area contributed by atoms with Crippen molar-refractivity contribution >= 4 is 11.5 Å². The second kappa shape index (κ2) is 4.70. The standard InChI is InChI=1S/C21H21NO2/c1-13-7-9-14(10-8-13)21-12-11-17(23)20(24-21)19-18(21)15-5-3-4-6-16(15)22(19)2/h3-10,18-20H,11-12H2,1-2H3/t18-,19+,20-,21-/m0/s1. The van der Waals surface area contributed by atoms with Gasteiger partial charge in [-0.05, 0) is 30.5 Å². The van der Waals surface area contributed by atoms with Gasteiger partial charge in [0, 0.05) is 25.1 Å². The van der Waals surface area contributed by atoms with Crippen LogP contribution in [0.1, 0.15) is 35.4 Å². The molecule has 24 heavy (non-hydrogen) atoms. The van der Waals surface area contributed by atoms with Crippen molar-refractivity contribution in [1.29, 1.82) is 0 Å². The highest BCUT2D eigenvalue weighted by molar-refractivity contribution is 5.88. The van der Waals surface area contributed by atoms with Crippen molar-refractivity contribution in [1.82, 2.24) is 0 Å². The largest absolute Gasteiger partial charge is 0.368 e. The zero-order valence-electron chi connectivity index (χ0n) is 14.0. The van der Waals surface area contributed by atoms with Crippen molar-refractivity contribution in [3.05, 3.63) is 65.2 Å². The third kappa shape index (κ3) is 1.63. The van der Waals surface area contributed by atoms with E-state index in [9.17, 15) is 4.79 Å². The first-order valence-electron chi connectivity index (χ1n) is 8.71. The molecule has 3 aliphatic rings. The molecule has 0 spiro atoms. The fourth-order valence-corrected chi connectivity index (χ4v) is 5.06. The molecule has 2 fully saturated rings. The first-order valence-corrected chi connectivity index (χ1v) is 8.71. The lowest BCUT2D eigenvalue weighted by atomic mass is 9.75. The number of hydrogen-bond donors (Lipinski definition) is 0. The molecule has 3 heterocycles. The Balaban J connectivity index is 1.73. The molecule has 2 bridgehead atoms. The van der Waals surface area contributed by atoms with E-state index >= 15 is 0 Å². The van der Waals surface area contributed by atoms with Crippen LogP contribution in [-0.4, -0.2) is 25.0 Å². The number of para-hydroxylation sites is 1. The fraction of sp³-hybridized carbons (Fsp3) is 0.381. The van der Waals surface area contributed by atoms with Crippen LogP contribution in [-0.2, 0) is 15.1 Å². The van der Waals surface area contributed by atoms with Gasteiger partial charge in [-0.2, -0.15) is 0 Å². The number of rotatable bonds is 1. The van der Waals surface area contributed by atoms with Crippen molar-refractivity contribution in [2.24, 2.45) is 0 Å². The molecule has 0 radical (unpaired) electrons. The average molecular weight is 319 g/mol. The molecule has 0 aliphatic carbocycles. The minimum atomic E-state index is -0.377. The van der Waals surface area contributed by atoms with E-state index in [0.29, 0.717) is 6.42 Å². The van der Waals surface area contributed by atoms with Crippen LogP contribution in [0.4, 0.5) is 5.69 Å². The fourth-order valence-electron chi connectivity index (χ4n) is 5.06. The van der Waals surface area contributed by atoms with Crippen LogP contribution in [0.15, 0.2) is 48.5 Å². The van der Waals surface area contributed by atoms with E-state index in [-0.39, 0.29) is 29.4 Å². The van der Waals surface area contributed by atoms with E-state index in [1.165, 1.54) is 22.4 Å². The predicted molar refractivity (Wildman–Crippen MR) is 93.3 cm³/mol. The highest BCUT2D eigenvalue weighted by atomic mass is 16.5. The quantitative estimate of drug-likeness (QED) is 0.805. The molecule has 3 heteroatoms. The number of Topliss-reactive ketones (excluding diaryl/α,β-unsaturated/α-hetero) is 1. The van der Waals surface area contributed by atoms with Crippen molar-refractivity contribution < 1.29 is 9.53 Å². The van der Waals surface area contributed by atoms with Crippen LogP contribution in [0.25, 0.3) is 0 Å². The summed E-state index contributed by atoms with van der Waals surface area (Å²) in [6.07, 6.45) is 1.07. The Morgan fingerprint density at radius 3 is 2.67 bits per heavy atom.